The third-order valence-electron chi connectivity index (χ3n) is 3.53. The molecule has 1 N–H and O–H groups in total. The van der Waals surface area contributed by atoms with Crippen molar-refractivity contribution >= 4 is 5.69 Å². The topological polar surface area (TPSA) is 24.5 Å². The molecule has 4 heteroatoms. The molecule has 106 valence electrons. The Labute approximate surface area is 114 Å². The lowest BCUT2D eigenvalue weighted by Crippen LogP contribution is -2.30. The standard InChI is InChI=1S/C15H23FN2O/c1-3-17-12(2)13-6-4-7-14(16)15(13)18-8-5-10-19-11-9-18/h4,6-7,12,17H,3,5,8-11H2,1-2H3. The van der Waals surface area contributed by atoms with Gasteiger partial charge in [-0.25, -0.2) is 4.39 Å². The Morgan fingerprint density at radius 1 is 1.37 bits per heavy atom. The molecule has 1 aliphatic heterocycles. The van der Waals surface area contributed by atoms with E-state index in [0.717, 1.165) is 43.9 Å². The van der Waals surface area contributed by atoms with Gasteiger partial charge in [-0.3, -0.25) is 0 Å². The zero-order valence-electron chi connectivity index (χ0n) is 11.8. The van der Waals surface area contributed by atoms with Crippen LogP contribution in [0.15, 0.2) is 18.2 Å². The summed E-state index contributed by atoms with van der Waals surface area (Å²) in [5, 5.41) is 3.36. The maximum atomic E-state index is 14.3. The minimum absolute atomic E-state index is 0.135. The summed E-state index contributed by atoms with van der Waals surface area (Å²) in [6.07, 6.45) is 0.948. The molecule has 0 saturated carbocycles. The van der Waals surface area contributed by atoms with Crippen LogP contribution in [0, 0.1) is 5.82 Å². The number of nitrogens with one attached hydrogen (secondary N) is 1. The zero-order chi connectivity index (χ0) is 13.7. The molecule has 1 aromatic rings. The van der Waals surface area contributed by atoms with E-state index in [-0.39, 0.29) is 11.9 Å². The Morgan fingerprint density at radius 3 is 3.00 bits per heavy atom. The fourth-order valence-corrected chi connectivity index (χ4v) is 2.60. The average Bonchev–Trinajstić information content (AvgIpc) is 2.67. The average molecular weight is 266 g/mol. The highest BCUT2D eigenvalue weighted by Gasteiger charge is 2.20. The zero-order valence-corrected chi connectivity index (χ0v) is 11.8. The normalized spacial score (nSPS) is 18.2. The van der Waals surface area contributed by atoms with E-state index >= 15 is 0 Å². The number of benzene rings is 1. The van der Waals surface area contributed by atoms with Gasteiger partial charge in [-0.2, -0.15) is 0 Å². The summed E-state index contributed by atoms with van der Waals surface area (Å²) in [5.41, 5.74) is 1.77. The fraction of sp³-hybridized carbons (Fsp3) is 0.600. The first-order chi connectivity index (χ1) is 9.24. The summed E-state index contributed by atoms with van der Waals surface area (Å²) < 4.78 is 19.7. The number of halogens is 1. The number of para-hydroxylation sites is 1. The Balaban J connectivity index is 2.30. The third kappa shape index (κ3) is 3.45. The van der Waals surface area contributed by atoms with Gasteiger partial charge >= 0.3 is 0 Å². The van der Waals surface area contributed by atoms with Gasteiger partial charge in [-0.15, -0.1) is 0 Å². The number of anilines is 1. The Hall–Kier alpha value is -1.13. The smallest absolute Gasteiger partial charge is 0.146 e. The van der Waals surface area contributed by atoms with Crippen LogP contribution >= 0.6 is 0 Å². The maximum Gasteiger partial charge on any atom is 0.146 e. The van der Waals surface area contributed by atoms with E-state index in [1.165, 1.54) is 0 Å². The highest BCUT2D eigenvalue weighted by molar-refractivity contribution is 5.56. The van der Waals surface area contributed by atoms with Crippen LogP contribution < -0.4 is 10.2 Å². The van der Waals surface area contributed by atoms with Gasteiger partial charge < -0.3 is 15.0 Å². The van der Waals surface area contributed by atoms with E-state index in [9.17, 15) is 4.39 Å². The molecular formula is C15H23FN2O. The van der Waals surface area contributed by atoms with E-state index in [1.807, 2.05) is 6.07 Å². The Kier molecular flexibility index (Phi) is 5.16. The molecule has 0 bridgehead atoms. The van der Waals surface area contributed by atoms with Crippen molar-refractivity contribution in [3.63, 3.8) is 0 Å². The minimum Gasteiger partial charge on any atom is -0.380 e. The van der Waals surface area contributed by atoms with Crippen LogP contribution in [-0.2, 0) is 4.74 Å². The molecule has 1 unspecified atom stereocenters. The lowest BCUT2D eigenvalue weighted by Gasteiger charge is -2.27. The predicted molar refractivity (Wildman–Crippen MR) is 76.1 cm³/mol. The molecule has 3 nitrogen and oxygen atoms in total. The van der Waals surface area contributed by atoms with E-state index in [4.69, 9.17) is 4.74 Å². The van der Waals surface area contributed by atoms with Gasteiger partial charge in [0.15, 0.2) is 0 Å². The monoisotopic (exact) mass is 266 g/mol. The highest BCUT2D eigenvalue weighted by atomic mass is 19.1. The molecule has 19 heavy (non-hydrogen) atoms. The summed E-state index contributed by atoms with van der Waals surface area (Å²) in [6.45, 7) is 8.07. The SMILES string of the molecule is CCNC(C)c1cccc(F)c1N1CCCOCC1. The number of nitrogens with zero attached hydrogens (tertiary/aromatic N) is 1. The molecule has 1 heterocycles. The van der Waals surface area contributed by atoms with Gasteiger partial charge in [0, 0.05) is 25.7 Å². The molecule has 0 amide bonds. The van der Waals surface area contributed by atoms with E-state index in [2.05, 4.69) is 24.1 Å². The van der Waals surface area contributed by atoms with Crippen molar-refractivity contribution < 1.29 is 9.13 Å². The summed E-state index contributed by atoms with van der Waals surface area (Å²) in [4.78, 5) is 2.12. The van der Waals surface area contributed by atoms with E-state index < -0.39 is 0 Å². The van der Waals surface area contributed by atoms with Crippen LogP contribution in [0.5, 0.6) is 0 Å². The minimum atomic E-state index is -0.135. The lowest BCUT2D eigenvalue weighted by atomic mass is 10.0. The largest absolute Gasteiger partial charge is 0.380 e. The summed E-state index contributed by atoms with van der Waals surface area (Å²) in [6, 6.07) is 5.50. The first kappa shape index (κ1) is 14.3. The Bertz CT molecular complexity index is 403. The molecule has 1 aliphatic rings. The molecule has 2 rings (SSSR count). The van der Waals surface area contributed by atoms with Gasteiger partial charge in [-0.1, -0.05) is 19.1 Å². The predicted octanol–water partition coefficient (Wildman–Crippen LogP) is 2.72. The fourth-order valence-electron chi connectivity index (χ4n) is 2.60. The second kappa shape index (κ2) is 6.87. The van der Waals surface area contributed by atoms with E-state index in [1.54, 1.807) is 12.1 Å². The highest BCUT2D eigenvalue weighted by Crippen LogP contribution is 2.30. The number of hydrogen-bond donors (Lipinski definition) is 1. The molecule has 1 fully saturated rings. The maximum absolute atomic E-state index is 14.3. The van der Waals surface area contributed by atoms with Crippen LogP contribution in [0.25, 0.3) is 0 Å². The third-order valence-corrected chi connectivity index (χ3v) is 3.53. The summed E-state index contributed by atoms with van der Waals surface area (Å²) in [7, 11) is 0. The molecule has 0 spiro atoms. The van der Waals surface area contributed by atoms with Crippen LogP contribution in [0.4, 0.5) is 10.1 Å². The molecule has 1 aromatic carbocycles. The molecule has 1 atom stereocenters. The van der Waals surface area contributed by atoms with Gasteiger partial charge in [0.25, 0.3) is 0 Å². The van der Waals surface area contributed by atoms with Crippen molar-refractivity contribution in [2.75, 3.05) is 37.7 Å². The van der Waals surface area contributed by atoms with Crippen LogP contribution in [0.1, 0.15) is 31.9 Å². The molecule has 0 aromatic heterocycles. The van der Waals surface area contributed by atoms with Crippen LogP contribution in [0.2, 0.25) is 0 Å². The first-order valence-corrected chi connectivity index (χ1v) is 7.08. The van der Waals surface area contributed by atoms with Crippen LogP contribution in [0.3, 0.4) is 0 Å². The molecule has 0 aliphatic carbocycles. The number of rotatable bonds is 4. The van der Waals surface area contributed by atoms with Crippen molar-refractivity contribution in [3.8, 4) is 0 Å². The quantitative estimate of drug-likeness (QED) is 0.907. The molecular weight excluding hydrogens is 243 g/mol. The van der Waals surface area contributed by atoms with Gasteiger partial charge in [0.05, 0.1) is 12.3 Å². The molecule has 0 radical (unpaired) electrons. The van der Waals surface area contributed by atoms with E-state index in [0.29, 0.717) is 6.61 Å². The summed E-state index contributed by atoms with van der Waals surface area (Å²) >= 11 is 0. The van der Waals surface area contributed by atoms with Gasteiger partial charge in [0.1, 0.15) is 5.82 Å². The second-order valence-electron chi connectivity index (χ2n) is 4.91. The summed E-state index contributed by atoms with van der Waals surface area (Å²) in [5.74, 6) is -0.135. The lowest BCUT2D eigenvalue weighted by molar-refractivity contribution is 0.152. The van der Waals surface area contributed by atoms with Crippen molar-refractivity contribution in [1.82, 2.24) is 5.32 Å². The second-order valence-corrected chi connectivity index (χ2v) is 4.91. The van der Waals surface area contributed by atoms with Crippen molar-refractivity contribution in [3.05, 3.63) is 29.6 Å². The first-order valence-electron chi connectivity index (χ1n) is 7.08. The number of ether oxygens (including phenoxy) is 1. The van der Waals surface area contributed by atoms with Gasteiger partial charge in [-0.05, 0) is 31.5 Å². The van der Waals surface area contributed by atoms with Crippen LogP contribution in [-0.4, -0.2) is 32.8 Å². The molecule has 1 saturated heterocycles. The van der Waals surface area contributed by atoms with Gasteiger partial charge in [0.2, 0.25) is 0 Å². The Morgan fingerprint density at radius 2 is 2.21 bits per heavy atom. The van der Waals surface area contributed by atoms with Crippen molar-refractivity contribution in [1.29, 1.82) is 0 Å². The van der Waals surface area contributed by atoms with Crippen molar-refractivity contribution in [2.45, 2.75) is 26.3 Å². The number of hydrogen-bond acceptors (Lipinski definition) is 3. The van der Waals surface area contributed by atoms with Crippen molar-refractivity contribution in [2.24, 2.45) is 0 Å².